The van der Waals surface area contributed by atoms with Crippen molar-refractivity contribution in [1.29, 1.82) is 0 Å². The highest BCUT2D eigenvalue weighted by Gasteiger charge is 2.30. The van der Waals surface area contributed by atoms with Gasteiger partial charge in [0.05, 0.1) is 17.0 Å². The van der Waals surface area contributed by atoms with Crippen LogP contribution in [0.1, 0.15) is 47.3 Å². The fourth-order valence-corrected chi connectivity index (χ4v) is 3.18. The molecule has 1 saturated carbocycles. The maximum atomic E-state index is 12.8. The number of aromatic nitrogens is 1. The number of hydrogen-bond donors (Lipinski definition) is 2. The van der Waals surface area contributed by atoms with Crippen LogP contribution in [-0.4, -0.2) is 28.5 Å². The molecule has 0 bridgehead atoms. The van der Waals surface area contributed by atoms with Crippen LogP contribution in [0.15, 0.2) is 22.7 Å². The highest BCUT2D eigenvalue weighted by molar-refractivity contribution is 9.10. The summed E-state index contributed by atoms with van der Waals surface area (Å²) in [5.41, 5.74) is 3.27. The number of carbonyl (C=O) groups excluding carboxylic acids is 1. The molecule has 1 fully saturated rings. The number of nitrogens with one attached hydrogen (secondary N) is 1. The molecule has 2 N–H and O–H groups in total. The first-order valence-corrected chi connectivity index (χ1v) is 8.78. The second-order valence-electron chi connectivity index (χ2n) is 6.38. The minimum atomic E-state index is -0.923. The van der Waals surface area contributed by atoms with Crippen molar-refractivity contribution in [3.8, 4) is 0 Å². The molecule has 24 heavy (non-hydrogen) atoms. The van der Waals surface area contributed by atoms with Crippen molar-refractivity contribution in [2.75, 3.05) is 6.54 Å². The van der Waals surface area contributed by atoms with Crippen LogP contribution in [0, 0.1) is 12.8 Å². The van der Waals surface area contributed by atoms with Gasteiger partial charge < -0.3 is 10.4 Å². The number of nitrogens with zero attached hydrogens (tertiary/aromatic N) is 1. The highest BCUT2D eigenvalue weighted by Crippen LogP contribution is 2.42. The molecule has 0 radical (unpaired) electrons. The highest BCUT2D eigenvalue weighted by atomic mass is 79.9. The zero-order chi connectivity index (χ0) is 17.4. The molecule has 5 nitrogen and oxygen atoms in total. The van der Waals surface area contributed by atoms with E-state index in [1.807, 2.05) is 25.1 Å². The van der Waals surface area contributed by atoms with Gasteiger partial charge in [-0.25, -0.2) is 0 Å². The van der Waals surface area contributed by atoms with Crippen molar-refractivity contribution in [3.05, 3.63) is 39.5 Å². The number of carboxylic acid groups (broad SMARTS) is 1. The van der Waals surface area contributed by atoms with E-state index in [-0.39, 0.29) is 12.5 Å². The summed E-state index contributed by atoms with van der Waals surface area (Å²) in [6.07, 6.45) is 2.21. The normalized spacial score (nSPS) is 15.3. The van der Waals surface area contributed by atoms with Gasteiger partial charge in [-0.2, -0.15) is 0 Å². The molecule has 2 aromatic rings. The molecule has 1 aliphatic carbocycles. The minimum absolute atomic E-state index is 0.101. The molecule has 0 aliphatic heterocycles. The number of carbonyl (C=O) groups is 2. The van der Waals surface area contributed by atoms with Gasteiger partial charge in [0, 0.05) is 28.0 Å². The molecule has 1 aromatic carbocycles. The number of pyridine rings is 1. The maximum Gasteiger partial charge on any atom is 0.308 e. The van der Waals surface area contributed by atoms with Gasteiger partial charge in [0.1, 0.15) is 0 Å². The van der Waals surface area contributed by atoms with E-state index in [2.05, 4.69) is 21.2 Å². The van der Waals surface area contributed by atoms with E-state index >= 15 is 0 Å². The van der Waals surface area contributed by atoms with Gasteiger partial charge in [0.2, 0.25) is 0 Å². The van der Waals surface area contributed by atoms with Gasteiger partial charge in [0.15, 0.2) is 0 Å². The minimum Gasteiger partial charge on any atom is -0.481 e. The van der Waals surface area contributed by atoms with Gasteiger partial charge in [-0.05, 0) is 43.5 Å². The predicted octanol–water partition coefficient (Wildman–Crippen LogP) is 3.63. The van der Waals surface area contributed by atoms with E-state index in [0.29, 0.717) is 11.5 Å². The van der Waals surface area contributed by atoms with Crippen molar-refractivity contribution in [3.63, 3.8) is 0 Å². The molecule has 1 heterocycles. The molecule has 1 unspecified atom stereocenters. The van der Waals surface area contributed by atoms with Crippen LogP contribution in [0.3, 0.4) is 0 Å². The predicted molar refractivity (Wildman–Crippen MR) is 95.3 cm³/mol. The van der Waals surface area contributed by atoms with Crippen molar-refractivity contribution in [2.45, 2.75) is 32.6 Å². The molecule has 0 saturated heterocycles. The zero-order valence-corrected chi connectivity index (χ0v) is 15.2. The molecule has 0 spiro atoms. The Morgan fingerprint density at radius 3 is 2.75 bits per heavy atom. The smallest absolute Gasteiger partial charge is 0.308 e. The van der Waals surface area contributed by atoms with Crippen molar-refractivity contribution >= 4 is 38.7 Å². The first kappa shape index (κ1) is 16.9. The SMILES string of the molecule is Cc1c(C2CC2)nc2ccc(Br)cc2c1C(=O)NCC(C)C(=O)O. The summed E-state index contributed by atoms with van der Waals surface area (Å²) in [5, 5.41) is 12.5. The van der Waals surface area contributed by atoms with Crippen molar-refractivity contribution < 1.29 is 14.7 Å². The van der Waals surface area contributed by atoms with Gasteiger partial charge in [-0.15, -0.1) is 0 Å². The number of hydrogen-bond acceptors (Lipinski definition) is 3. The summed E-state index contributed by atoms with van der Waals surface area (Å²) in [4.78, 5) is 28.5. The molecular weight excluding hydrogens is 372 g/mol. The quantitative estimate of drug-likeness (QED) is 0.816. The standard InChI is InChI=1S/C18H19BrN2O3/c1-9(18(23)24)8-20-17(22)15-10(2)16(11-3-4-11)21-14-6-5-12(19)7-13(14)15/h5-7,9,11H,3-4,8H2,1-2H3,(H,20,22)(H,23,24). The van der Waals surface area contributed by atoms with Gasteiger partial charge in [-0.3, -0.25) is 14.6 Å². The second-order valence-corrected chi connectivity index (χ2v) is 7.30. The summed E-state index contributed by atoms with van der Waals surface area (Å²) >= 11 is 3.44. The van der Waals surface area contributed by atoms with Crippen LogP contribution in [0.2, 0.25) is 0 Å². The Bertz CT molecular complexity index is 831. The van der Waals surface area contributed by atoms with Crippen molar-refractivity contribution in [2.24, 2.45) is 5.92 Å². The lowest BCUT2D eigenvalue weighted by Gasteiger charge is -2.15. The average molecular weight is 391 g/mol. The Balaban J connectivity index is 2.03. The van der Waals surface area contributed by atoms with E-state index in [4.69, 9.17) is 10.1 Å². The van der Waals surface area contributed by atoms with Crippen LogP contribution >= 0.6 is 15.9 Å². The third-order valence-corrected chi connectivity index (χ3v) is 4.90. The first-order valence-electron chi connectivity index (χ1n) is 7.99. The number of halogens is 1. The fraction of sp³-hybridized carbons (Fsp3) is 0.389. The molecule has 126 valence electrons. The summed E-state index contributed by atoms with van der Waals surface area (Å²) in [6, 6.07) is 5.71. The number of amides is 1. The fourth-order valence-electron chi connectivity index (χ4n) is 2.82. The number of aliphatic carboxylic acids is 1. The topological polar surface area (TPSA) is 79.3 Å². The maximum absolute atomic E-state index is 12.8. The molecule has 1 atom stereocenters. The van der Waals surface area contributed by atoms with Crippen LogP contribution in [-0.2, 0) is 4.79 Å². The molecule has 1 aliphatic rings. The van der Waals surface area contributed by atoms with Crippen molar-refractivity contribution in [1.82, 2.24) is 10.3 Å². The number of rotatable bonds is 5. The summed E-state index contributed by atoms with van der Waals surface area (Å²) in [7, 11) is 0. The second kappa shape index (κ2) is 6.51. The molecule has 1 amide bonds. The summed E-state index contributed by atoms with van der Waals surface area (Å²) in [6.45, 7) is 3.60. The molecule has 6 heteroatoms. The Labute approximate surface area is 148 Å². The Morgan fingerprint density at radius 1 is 1.42 bits per heavy atom. The lowest BCUT2D eigenvalue weighted by molar-refractivity contribution is -0.140. The molecule has 3 rings (SSSR count). The largest absolute Gasteiger partial charge is 0.481 e. The van der Waals surface area contributed by atoms with Crippen LogP contribution < -0.4 is 5.32 Å². The third kappa shape index (κ3) is 3.29. The van der Waals surface area contributed by atoms with Gasteiger partial charge in [0.25, 0.3) is 5.91 Å². The lowest BCUT2D eigenvalue weighted by Crippen LogP contribution is -2.32. The van der Waals surface area contributed by atoms with Crippen LogP contribution in [0.4, 0.5) is 0 Å². The number of benzene rings is 1. The lowest BCUT2D eigenvalue weighted by atomic mass is 9.98. The van der Waals surface area contributed by atoms with E-state index in [0.717, 1.165) is 39.5 Å². The molecular formula is C18H19BrN2O3. The summed E-state index contributed by atoms with van der Waals surface area (Å²) < 4.78 is 0.878. The monoisotopic (exact) mass is 390 g/mol. The first-order chi connectivity index (χ1) is 11.4. The molecule has 1 aromatic heterocycles. The summed E-state index contributed by atoms with van der Waals surface area (Å²) in [5.74, 6) is -1.36. The van der Waals surface area contributed by atoms with E-state index in [1.54, 1.807) is 6.92 Å². The number of carboxylic acids is 1. The Hall–Kier alpha value is -1.95. The third-order valence-electron chi connectivity index (χ3n) is 4.41. The van der Waals surface area contributed by atoms with Gasteiger partial charge in [-0.1, -0.05) is 22.9 Å². The zero-order valence-electron chi connectivity index (χ0n) is 13.6. The Kier molecular flexibility index (Phi) is 4.58. The number of fused-ring (bicyclic) bond motifs is 1. The van der Waals surface area contributed by atoms with Crippen LogP contribution in [0.5, 0.6) is 0 Å². The van der Waals surface area contributed by atoms with Crippen LogP contribution in [0.25, 0.3) is 10.9 Å². The van der Waals surface area contributed by atoms with E-state index < -0.39 is 11.9 Å². The average Bonchev–Trinajstić information content (AvgIpc) is 3.36. The van der Waals surface area contributed by atoms with E-state index in [9.17, 15) is 9.59 Å². The van der Waals surface area contributed by atoms with Gasteiger partial charge >= 0.3 is 5.97 Å². The van der Waals surface area contributed by atoms with E-state index in [1.165, 1.54) is 0 Å². The Morgan fingerprint density at radius 2 is 2.12 bits per heavy atom.